The van der Waals surface area contributed by atoms with Crippen LogP contribution in [0.15, 0.2) is 43.0 Å². The van der Waals surface area contributed by atoms with E-state index < -0.39 is 0 Å². The van der Waals surface area contributed by atoms with Gasteiger partial charge in [0.15, 0.2) is 0 Å². The number of ether oxygens (including phenoxy) is 1. The number of aromatic nitrogens is 2. The van der Waals surface area contributed by atoms with Gasteiger partial charge in [-0.15, -0.1) is 0 Å². The average Bonchev–Trinajstić information content (AvgIpc) is 2.97. The second kappa shape index (κ2) is 5.99. The number of hydrogen-bond acceptors (Lipinski definition) is 3. The average molecular weight is 257 g/mol. The molecule has 0 saturated carbocycles. The SMILES string of the molecule is c1ccc2c(c1)COCC2NCCCn1ccnc1. The Bertz CT molecular complexity index is 510. The Morgan fingerprint density at radius 3 is 3.21 bits per heavy atom. The molecule has 2 aromatic rings. The summed E-state index contributed by atoms with van der Waals surface area (Å²) in [6.45, 7) is 3.49. The van der Waals surface area contributed by atoms with Crippen LogP contribution in [-0.4, -0.2) is 22.7 Å². The van der Waals surface area contributed by atoms with Gasteiger partial charge in [-0.2, -0.15) is 0 Å². The fourth-order valence-corrected chi connectivity index (χ4v) is 2.51. The van der Waals surface area contributed by atoms with E-state index in [1.165, 1.54) is 11.1 Å². The lowest BCUT2D eigenvalue weighted by molar-refractivity contribution is 0.0821. The topological polar surface area (TPSA) is 39.1 Å². The zero-order valence-electron chi connectivity index (χ0n) is 11.0. The van der Waals surface area contributed by atoms with E-state index in [2.05, 4.69) is 39.1 Å². The number of hydrogen-bond donors (Lipinski definition) is 1. The molecule has 1 N–H and O–H groups in total. The van der Waals surface area contributed by atoms with Crippen molar-refractivity contribution in [3.05, 3.63) is 54.1 Å². The third-order valence-electron chi connectivity index (χ3n) is 3.52. The van der Waals surface area contributed by atoms with Gasteiger partial charge in [0.25, 0.3) is 0 Å². The van der Waals surface area contributed by atoms with Gasteiger partial charge in [-0.1, -0.05) is 24.3 Å². The van der Waals surface area contributed by atoms with Crippen LogP contribution in [0.25, 0.3) is 0 Å². The lowest BCUT2D eigenvalue weighted by Crippen LogP contribution is -2.30. The fourth-order valence-electron chi connectivity index (χ4n) is 2.51. The van der Waals surface area contributed by atoms with E-state index in [-0.39, 0.29) is 0 Å². The molecule has 0 spiro atoms. The highest BCUT2D eigenvalue weighted by Gasteiger charge is 2.19. The first-order valence-electron chi connectivity index (χ1n) is 6.78. The van der Waals surface area contributed by atoms with Crippen molar-refractivity contribution in [1.29, 1.82) is 0 Å². The maximum Gasteiger partial charge on any atom is 0.0945 e. The van der Waals surface area contributed by atoms with E-state index in [0.717, 1.165) is 32.7 Å². The summed E-state index contributed by atoms with van der Waals surface area (Å²) in [5, 5.41) is 3.58. The molecule has 1 aromatic heterocycles. The van der Waals surface area contributed by atoms with Crippen molar-refractivity contribution >= 4 is 0 Å². The standard InChI is InChI=1S/C15H19N3O/c1-2-5-14-13(4-1)10-19-11-15(14)17-6-3-8-18-9-7-16-12-18/h1-2,4-5,7,9,12,15,17H,3,6,8,10-11H2. The van der Waals surface area contributed by atoms with Gasteiger partial charge in [-0.3, -0.25) is 0 Å². The Morgan fingerprint density at radius 2 is 2.32 bits per heavy atom. The molecular weight excluding hydrogens is 238 g/mol. The van der Waals surface area contributed by atoms with Crippen LogP contribution in [0.4, 0.5) is 0 Å². The monoisotopic (exact) mass is 257 g/mol. The van der Waals surface area contributed by atoms with E-state index in [9.17, 15) is 0 Å². The predicted octanol–water partition coefficient (Wildman–Crippen LogP) is 2.13. The van der Waals surface area contributed by atoms with E-state index >= 15 is 0 Å². The first kappa shape index (κ1) is 12.4. The second-order valence-corrected chi connectivity index (χ2v) is 4.87. The Morgan fingerprint density at radius 1 is 1.37 bits per heavy atom. The van der Waals surface area contributed by atoms with Crippen LogP contribution in [0.3, 0.4) is 0 Å². The fraction of sp³-hybridized carbons (Fsp3) is 0.400. The van der Waals surface area contributed by atoms with Crippen molar-refractivity contribution in [3.63, 3.8) is 0 Å². The lowest BCUT2D eigenvalue weighted by atomic mass is 9.99. The molecule has 0 bridgehead atoms. The molecule has 4 heteroatoms. The number of aryl methyl sites for hydroxylation is 1. The molecule has 1 aliphatic rings. The van der Waals surface area contributed by atoms with Crippen LogP contribution in [-0.2, 0) is 17.9 Å². The molecule has 2 heterocycles. The quantitative estimate of drug-likeness (QED) is 0.834. The van der Waals surface area contributed by atoms with Crippen molar-refractivity contribution in [2.75, 3.05) is 13.2 Å². The Balaban J connectivity index is 1.51. The second-order valence-electron chi connectivity index (χ2n) is 4.87. The van der Waals surface area contributed by atoms with Crippen molar-refractivity contribution in [2.24, 2.45) is 0 Å². The lowest BCUT2D eigenvalue weighted by Gasteiger charge is -2.26. The number of rotatable bonds is 5. The van der Waals surface area contributed by atoms with Gasteiger partial charge in [0.1, 0.15) is 0 Å². The number of fused-ring (bicyclic) bond motifs is 1. The molecule has 0 aliphatic carbocycles. The van der Waals surface area contributed by atoms with Gasteiger partial charge >= 0.3 is 0 Å². The molecule has 1 aliphatic heterocycles. The molecule has 1 atom stereocenters. The molecule has 1 aromatic carbocycles. The number of benzene rings is 1. The summed E-state index contributed by atoms with van der Waals surface area (Å²) in [5.74, 6) is 0. The number of imidazole rings is 1. The van der Waals surface area contributed by atoms with E-state index in [4.69, 9.17) is 4.74 Å². The summed E-state index contributed by atoms with van der Waals surface area (Å²) in [5.41, 5.74) is 2.69. The molecule has 1 unspecified atom stereocenters. The van der Waals surface area contributed by atoms with Crippen LogP contribution < -0.4 is 5.32 Å². The van der Waals surface area contributed by atoms with Crippen LogP contribution in [0, 0.1) is 0 Å². The summed E-state index contributed by atoms with van der Waals surface area (Å²) in [4.78, 5) is 4.04. The molecule has 3 rings (SSSR count). The van der Waals surface area contributed by atoms with E-state index in [1.807, 2.05) is 18.7 Å². The van der Waals surface area contributed by atoms with E-state index in [1.54, 1.807) is 0 Å². The predicted molar refractivity (Wildman–Crippen MR) is 73.7 cm³/mol. The van der Waals surface area contributed by atoms with Crippen molar-refractivity contribution < 1.29 is 4.74 Å². The maximum atomic E-state index is 5.63. The first-order valence-corrected chi connectivity index (χ1v) is 6.78. The minimum atomic E-state index is 0.327. The Labute approximate surface area is 113 Å². The van der Waals surface area contributed by atoms with E-state index in [0.29, 0.717) is 6.04 Å². The van der Waals surface area contributed by atoms with Crippen molar-refractivity contribution in [1.82, 2.24) is 14.9 Å². The molecule has 4 nitrogen and oxygen atoms in total. The summed E-state index contributed by atoms with van der Waals surface area (Å²) >= 11 is 0. The molecule has 0 radical (unpaired) electrons. The third-order valence-corrected chi connectivity index (χ3v) is 3.52. The zero-order chi connectivity index (χ0) is 12.9. The van der Waals surface area contributed by atoms with Gasteiger partial charge < -0.3 is 14.6 Å². The van der Waals surface area contributed by atoms with Crippen LogP contribution in [0.2, 0.25) is 0 Å². The minimum absolute atomic E-state index is 0.327. The maximum absolute atomic E-state index is 5.63. The summed E-state index contributed by atoms with van der Waals surface area (Å²) in [6.07, 6.45) is 6.77. The molecule has 100 valence electrons. The molecule has 0 saturated heterocycles. The highest BCUT2D eigenvalue weighted by atomic mass is 16.5. The molecule has 0 fully saturated rings. The van der Waals surface area contributed by atoms with Crippen molar-refractivity contribution in [3.8, 4) is 0 Å². The van der Waals surface area contributed by atoms with Gasteiger partial charge in [-0.25, -0.2) is 4.98 Å². The van der Waals surface area contributed by atoms with Gasteiger partial charge in [0.2, 0.25) is 0 Å². The summed E-state index contributed by atoms with van der Waals surface area (Å²) in [6, 6.07) is 8.85. The normalized spacial score (nSPS) is 18.2. The zero-order valence-corrected chi connectivity index (χ0v) is 11.0. The van der Waals surface area contributed by atoms with Crippen LogP contribution in [0.1, 0.15) is 23.6 Å². The highest BCUT2D eigenvalue weighted by molar-refractivity contribution is 5.30. The smallest absolute Gasteiger partial charge is 0.0945 e. The van der Waals surface area contributed by atoms with Gasteiger partial charge in [0.05, 0.1) is 25.6 Å². The Hall–Kier alpha value is -1.65. The molecule has 0 amide bonds. The number of nitrogens with one attached hydrogen (secondary N) is 1. The molecule has 19 heavy (non-hydrogen) atoms. The minimum Gasteiger partial charge on any atom is -0.375 e. The van der Waals surface area contributed by atoms with Crippen LogP contribution >= 0.6 is 0 Å². The Kier molecular flexibility index (Phi) is 3.91. The first-order chi connectivity index (χ1) is 9.43. The summed E-state index contributed by atoms with van der Waals surface area (Å²) < 4.78 is 7.74. The highest BCUT2D eigenvalue weighted by Crippen LogP contribution is 2.24. The van der Waals surface area contributed by atoms with Crippen LogP contribution in [0.5, 0.6) is 0 Å². The third kappa shape index (κ3) is 3.03. The van der Waals surface area contributed by atoms with Gasteiger partial charge in [0, 0.05) is 18.9 Å². The van der Waals surface area contributed by atoms with Crippen molar-refractivity contribution in [2.45, 2.75) is 25.6 Å². The van der Waals surface area contributed by atoms with Gasteiger partial charge in [-0.05, 0) is 24.1 Å². The number of nitrogens with zero attached hydrogens (tertiary/aromatic N) is 2. The largest absolute Gasteiger partial charge is 0.375 e. The summed E-state index contributed by atoms with van der Waals surface area (Å²) in [7, 11) is 0. The molecular formula is C15H19N3O.